The molecule has 0 aliphatic heterocycles. The second-order valence-electron chi connectivity index (χ2n) is 3.94. The molecule has 0 aliphatic carbocycles. The average molecular weight is 316 g/mol. The van der Waals surface area contributed by atoms with Crippen LogP contribution in [0.5, 0.6) is 0 Å². The Morgan fingerprint density at radius 3 is 2.40 bits per heavy atom. The van der Waals surface area contributed by atoms with Crippen LogP contribution in [0.1, 0.15) is 0 Å². The van der Waals surface area contributed by atoms with Gasteiger partial charge in [0.1, 0.15) is 10.0 Å². The number of benzene rings is 1. The van der Waals surface area contributed by atoms with Gasteiger partial charge in [0.25, 0.3) is 0 Å². The molecule has 9 heteroatoms. The Morgan fingerprint density at radius 2 is 1.90 bits per heavy atom. The first-order valence-corrected chi connectivity index (χ1v) is 7.99. The summed E-state index contributed by atoms with van der Waals surface area (Å²) in [7, 11) is -3.52. The Balaban J connectivity index is 2.42. The Kier molecular flexibility index (Phi) is 3.73. The second kappa shape index (κ2) is 5.17. The summed E-state index contributed by atoms with van der Waals surface area (Å²) in [6.07, 6.45) is 0.976. The number of anilines is 2. The van der Waals surface area contributed by atoms with Gasteiger partial charge in [0.15, 0.2) is 14.8 Å². The molecule has 0 radical (unpaired) electrons. The topological polar surface area (TPSA) is 89.3 Å². The SMILES string of the molecule is CS(=O)(=O)c1cc([N+](=O)[O-])c(Nc2ccc(F)cc2)s1. The molecule has 1 N–H and O–H groups in total. The van der Waals surface area contributed by atoms with E-state index in [4.69, 9.17) is 0 Å². The lowest BCUT2D eigenvalue weighted by molar-refractivity contribution is -0.383. The van der Waals surface area contributed by atoms with Crippen LogP contribution in [0.3, 0.4) is 0 Å². The van der Waals surface area contributed by atoms with E-state index in [-0.39, 0.29) is 14.9 Å². The number of hydrogen-bond acceptors (Lipinski definition) is 6. The molecule has 0 saturated carbocycles. The lowest BCUT2D eigenvalue weighted by atomic mass is 10.3. The average Bonchev–Trinajstić information content (AvgIpc) is 2.76. The molecule has 2 rings (SSSR count). The van der Waals surface area contributed by atoms with Crippen molar-refractivity contribution in [2.75, 3.05) is 11.6 Å². The van der Waals surface area contributed by atoms with E-state index >= 15 is 0 Å². The molecule has 0 aliphatic rings. The molecule has 0 bridgehead atoms. The van der Waals surface area contributed by atoms with Crippen LogP contribution < -0.4 is 5.32 Å². The maximum absolute atomic E-state index is 12.8. The van der Waals surface area contributed by atoms with Crippen LogP contribution in [-0.4, -0.2) is 19.6 Å². The Labute approximate surface area is 117 Å². The normalized spacial score (nSPS) is 11.3. The number of sulfone groups is 1. The van der Waals surface area contributed by atoms with Gasteiger partial charge in [-0.15, -0.1) is 0 Å². The number of nitrogens with zero attached hydrogens (tertiary/aromatic N) is 1. The summed E-state index contributed by atoms with van der Waals surface area (Å²) in [6, 6.07) is 6.20. The van der Waals surface area contributed by atoms with Gasteiger partial charge in [-0.25, -0.2) is 12.8 Å². The van der Waals surface area contributed by atoms with Crippen LogP contribution in [0.4, 0.5) is 20.8 Å². The van der Waals surface area contributed by atoms with Crippen LogP contribution >= 0.6 is 11.3 Å². The van der Waals surface area contributed by atoms with E-state index in [1.54, 1.807) is 0 Å². The number of nitro groups is 1. The Bertz CT molecular complexity index is 753. The first-order valence-electron chi connectivity index (χ1n) is 5.28. The van der Waals surface area contributed by atoms with Crippen molar-refractivity contribution in [2.45, 2.75) is 4.21 Å². The molecular formula is C11H9FN2O4S2. The van der Waals surface area contributed by atoms with Gasteiger partial charge in [0.2, 0.25) is 0 Å². The number of hydrogen-bond donors (Lipinski definition) is 1. The molecule has 0 amide bonds. The first kappa shape index (κ1) is 14.4. The van der Waals surface area contributed by atoms with Crippen LogP contribution in [-0.2, 0) is 9.84 Å². The third-order valence-corrected chi connectivity index (χ3v) is 5.20. The molecule has 1 aromatic carbocycles. The van der Waals surface area contributed by atoms with Gasteiger partial charge in [0.05, 0.1) is 4.92 Å². The number of rotatable bonds is 4. The zero-order valence-electron chi connectivity index (χ0n) is 10.2. The van der Waals surface area contributed by atoms with Gasteiger partial charge in [-0.05, 0) is 24.3 Å². The van der Waals surface area contributed by atoms with Crippen LogP contribution in [0.15, 0.2) is 34.5 Å². The number of halogens is 1. The Morgan fingerprint density at radius 1 is 1.30 bits per heavy atom. The molecule has 2 aromatic rings. The van der Waals surface area contributed by atoms with E-state index in [9.17, 15) is 22.9 Å². The van der Waals surface area contributed by atoms with Crippen LogP contribution in [0.2, 0.25) is 0 Å². The van der Waals surface area contributed by atoms with Gasteiger partial charge in [-0.1, -0.05) is 11.3 Å². The van der Waals surface area contributed by atoms with Crippen molar-refractivity contribution in [2.24, 2.45) is 0 Å². The summed E-state index contributed by atoms with van der Waals surface area (Å²) in [6.45, 7) is 0. The highest BCUT2D eigenvalue weighted by molar-refractivity contribution is 7.92. The smallest absolute Gasteiger partial charge is 0.305 e. The largest absolute Gasteiger partial charge is 0.341 e. The van der Waals surface area contributed by atoms with Crippen molar-refractivity contribution in [3.05, 3.63) is 46.3 Å². The van der Waals surface area contributed by atoms with E-state index in [2.05, 4.69) is 5.32 Å². The molecule has 0 saturated heterocycles. The predicted molar refractivity (Wildman–Crippen MR) is 73.8 cm³/mol. The molecule has 1 heterocycles. The third kappa shape index (κ3) is 3.11. The molecule has 0 fully saturated rings. The van der Waals surface area contributed by atoms with Gasteiger partial charge in [-0.3, -0.25) is 10.1 Å². The van der Waals surface area contributed by atoms with Crippen molar-refractivity contribution >= 4 is 37.5 Å². The molecule has 1 aromatic heterocycles. The van der Waals surface area contributed by atoms with Crippen LogP contribution in [0, 0.1) is 15.9 Å². The molecule has 0 spiro atoms. The lowest BCUT2D eigenvalue weighted by Gasteiger charge is -2.02. The van der Waals surface area contributed by atoms with Gasteiger partial charge in [-0.2, -0.15) is 0 Å². The number of thiophene rings is 1. The van der Waals surface area contributed by atoms with Crippen molar-refractivity contribution in [3.8, 4) is 0 Å². The maximum atomic E-state index is 12.8. The lowest BCUT2D eigenvalue weighted by Crippen LogP contribution is -1.93. The van der Waals surface area contributed by atoms with E-state index in [0.717, 1.165) is 23.7 Å². The summed E-state index contributed by atoms with van der Waals surface area (Å²) in [5.74, 6) is -0.437. The zero-order valence-corrected chi connectivity index (χ0v) is 11.8. The van der Waals surface area contributed by atoms with E-state index in [1.807, 2.05) is 0 Å². The summed E-state index contributed by atoms with van der Waals surface area (Å²) in [4.78, 5) is 10.3. The minimum absolute atomic E-state index is 0.0852. The number of nitrogens with one attached hydrogen (secondary N) is 1. The second-order valence-corrected chi connectivity index (χ2v) is 7.24. The summed E-state index contributed by atoms with van der Waals surface area (Å²) in [5, 5.41) is 13.7. The molecule has 20 heavy (non-hydrogen) atoms. The van der Waals surface area contributed by atoms with Crippen molar-refractivity contribution in [3.63, 3.8) is 0 Å². The minimum atomic E-state index is -3.52. The predicted octanol–water partition coefficient (Wildman–Crippen LogP) is 2.94. The fourth-order valence-corrected chi connectivity index (χ4v) is 3.39. The van der Waals surface area contributed by atoms with Crippen molar-refractivity contribution in [1.29, 1.82) is 0 Å². The van der Waals surface area contributed by atoms with Gasteiger partial charge >= 0.3 is 5.69 Å². The first-order chi connectivity index (χ1) is 9.27. The van der Waals surface area contributed by atoms with E-state index in [1.165, 1.54) is 24.3 Å². The Hall–Kier alpha value is -2.00. The van der Waals surface area contributed by atoms with E-state index < -0.39 is 20.6 Å². The van der Waals surface area contributed by atoms with Crippen LogP contribution in [0.25, 0.3) is 0 Å². The fraction of sp³-hybridized carbons (Fsp3) is 0.0909. The quantitative estimate of drug-likeness (QED) is 0.692. The highest BCUT2D eigenvalue weighted by Gasteiger charge is 2.23. The summed E-state index contributed by atoms with van der Waals surface area (Å²) < 4.78 is 35.5. The maximum Gasteiger partial charge on any atom is 0.305 e. The standard InChI is InChI=1S/C11H9FN2O4S2/c1-20(17,18)10-6-9(14(15)16)11(19-10)13-8-4-2-7(12)3-5-8/h2-6,13H,1H3. The summed E-state index contributed by atoms with van der Waals surface area (Å²) >= 11 is 0.759. The molecule has 0 unspecified atom stereocenters. The fourth-order valence-electron chi connectivity index (χ4n) is 1.43. The monoisotopic (exact) mass is 316 g/mol. The highest BCUT2D eigenvalue weighted by Crippen LogP contribution is 2.38. The molecule has 0 atom stereocenters. The van der Waals surface area contributed by atoms with Crippen molar-refractivity contribution in [1.82, 2.24) is 0 Å². The molecule has 106 valence electrons. The highest BCUT2D eigenvalue weighted by atomic mass is 32.2. The molecular weight excluding hydrogens is 307 g/mol. The van der Waals surface area contributed by atoms with E-state index in [0.29, 0.717) is 5.69 Å². The minimum Gasteiger partial charge on any atom is -0.341 e. The van der Waals surface area contributed by atoms with Gasteiger partial charge < -0.3 is 5.32 Å². The van der Waals surface area contributed by atoms with Crippen molar-refractivity contribution < 1.29 is 17.7 Å². The zero-order chi connectivity index (χ0) is 14.9. The summed E-state index contributed by atoms with van der Waals surface area (Å²) in [5.41, 5.74) is 0.0937. The van der Waals surface area contributed by atoms with Gasteiger partial charge in [0, 0.05) is 18.0 Å². The molecule has 6 nitrogen and oxygen atoms in total. The third-order valence-electron chi connectivity index (χ3n) is 2.35.